The number of Topliss-reactive ketones (excluding diaryl/α,β-unsaturated/α-hetero) is 3. The summed E-state index contributed by atoms with van der Waals surface area (Å²) in [5.74, 6) is -2.33. The molecule has 0 radical (unpaired) electrons. The number of hydrogen-bond donors (Lipinski definition) is 6. The fourth-order valence-electron chi connectivity index (χ4n) is 11.8. The first-order valence-corrected chi connectivity index (χ1v) is 25.3. The molecule has 6 N–H and O–H groups in total. The maximum atomic E-state index is 14.5. The Kier molecular flexibility index (Phi) is 14.2. The molecule has 12 heteroatoms. The van der Waals surface area contributed by atoms with Gasteiger partial charge in [-0.15, -0.1) is 0 Å². The van der Waals surface area contributed by atoms with Crippen molar-refractivity contribution in [1.29, 1.82) is 0 Å². The van der Waals surface area contributed by atoms with Gasteiger partial charge in [0.1, 0.15) is 17.5 Å². The molecule has 0 aliphatic rings. The number of aryl methyl sites for hydroxylation is 5. The van der Waals surface area contributed by atoms with Crippen LogP contribution in [0.25, 0.3) is 0 Å². The van der Waals surface area contributed by atoms with Crippen LogP contribution in [-0.4, -0.2) is 47.3 Å². The molecule has 3 atom stereocenters. The normalized spacial score (nSPS) is 12.9. The molecule has 9 rings (SSSR count). The quantitative estimate of drug-likeness (QED) is 0.0476. The Balaban J connectivity index is 1.01. The van der Waals surface area contributed by atoms with Crippen molar-refractivity contribution in [2.24, 2.45) is 0 Å². The zero-order valence-electron chi connectivity index (χ0n) is 43.7. The summed E-state index contributed by atoms with van der Waals surface area (Å²) in [7, 11) is 0. The van der Waals surface area contributed by atoms with Crippen LogP contribution in [0.15, 0.2) is 97.2 Å². The van der Waals surface area contributed by atoms with Crippen LogP contribution >= 0.6 is 0 Å². The van der Waals surface area contributed by atoms with Crippen LogP contribution in [0, 0.1) is 65.9 Å². The highest BCUT2D eigenvalue weighted by Gasteiger charge is 2.32. The van der Waals surface area contributed by atoms with Gasteiger partial charge in [-0.2, -0.15) is 0 Å². The van der Waals surface area contributed by atoms with E-state index in [0.717, 1.165) is 108 Å². The van der Waals surface area contributed by atoms with Crippen LogP contribution < -0.4 is 0 Å². The molecule has 9 aromatic rings. The van der Waals surface area contributed by atoms with E-state index < -0.39 is 11.8 Å². The number of aromatic amines is 6. The summed E-state index contributed by atoms with van der Waals surface area (Å²) in [6.45, 7) is 19.0. The highest BCUT2D eigenvalue weighted by molar-refractivity contribution is 6.00. The molecule has 0 amide bonds. The van der Waals surface area contributed by atoms with Gasteiger partial charge in [0.05, 0.1) is 17.8 Å². The molecule has 6 heterocycles. The predicted octanol–water partition coefficient (Wildman–Crippen LogP) is 14.0. The number of rotatable bonds is 18. The summed E-state index contributed by atoms with van der Waals surface area (Å²) in [4.78, 5) is 62.1. The fraction of sp³-hybridized carbons (Fsp3) is 0.274. The van der Waals surface area contributed by atoms with E-state index in [0.29, 0.717) is 35.2 Å². The van der Waals surface area contributed by atoms with Gasteiger partial charge in [0.25, 0.3) is 0 Å². The number of carbonyl (C=O) groups is 3. The second-order valence-electron chi connectivity index (χ2n) is 20.0. The third-order valence-corrected chi connectivity index (χ3v) is 15.2. The van der Waals surface area contributed by atoms with Crippen LogP contribution in [0.2, 0.25) is 0 Å². The summed E-state index contributed by atoms with van der Waals surface area (Å²) in [5.41, 5.74) is 19.4. The number of ketones is 3. The molecule has 3 aromatic carbocycles. The average molecular weight is 997 g/mol. The van der Waals surface area contributed by atoms with Crippen molar-refractivity contribution >= 4 is 17.3 Å². The Morgan fingerprint density at radius 3 is 1.46 bits per heavy atom. The van der Waals surface area contributed by atoms with Crippen molar-refractivity contribution in [3.8, 4) is 0 Å². The lowest BCUT2D eigenvalue weighted by atomic mass is 9.87. The molecule has 0 bridgehead atoms. The Morgan fingerprint density at radius 2 is 0.946 bits per heavy atom. The zero-order chi connectivity index (χ0) is 52.9. The maximum Gasteiger partial charge on any atom is 0.169 e. The number of hydrogen-bond acceptors (Lipinski definition) is 3. The topological polar surface area (TPSA) is 146 Å². The summed E-state index contributed by atoms with van der Waals surface area (Å²) in [6, 6.07) is 25.3. The van der Waals surface area contributed by atoms with Gasteiger partial charge in [-0.1, -0.05) is 43.3 Å². The number of H-pyrrole nitrogens is 6. The number of aromatic nitrogens is 6. The van der Waals surface area contributed by atoms with Gasteiger partial charge < -0.3 is 29.9 Å². The monoisotopic (exact) mass is 996 g/mol. The first kappa shape index (κ1) is 51.1. The molecule has 9 nitrogen and oxygen atoms in total. The highest BCUT2D eigenvalue weighted by atomic mass is 19.1. The SMILES string of the molecule is CCc1c(C)[nH]c(C(c2ccc(F)cc2)c2[nH]c(CCc3ccc(C(c4ccc(F)cc4)c4[nH]c(C)c(C(=O)Cc5c[nH]c(C(c6ccc(F)cc6)c6[nH]c(C)c(C(C)=O)c6C)c5)c4C)[nH]3)c(C(C)=O)c2C)c1C. The summed E-state index contributed by atoms with van der Waals surface area (Å²) < 4.78 is 43.0. The Bertz CT molecular complexity index is 3560. The first-order chi connectivity index (χ1) is 35.3. The van der Waals surface area contributed by atoms with Crippen molar-refractivity contribution in [1.82, 2.24) is 29.9 Å². The van der Waals surface area contributed by atoms with E-state index in [9.17, 15) is 27.6 Å². The van der Waals surface area contributed by atoms with Crippen LogP contribution in [0.1, 0.15) is 182 Å². The summed E-state index contributed by atoms with van der Waals surface area (Å²) >= 11 is 0. The Labute approximate surface area is 429 Å². The molecule has 0 fully saturated rings. The Hall–Kier alpha value is -7.86. The van der Waals surface area contributed by atoms with Gasteiger partial charge in [-0.25, -0.2) is 13.2 Å². The fourth-order valence-corrected chi connectivity index (χ4v) is 11.8. The third kappa shape index (κ3) is 9.61. The highest BCUT2D eigenvalue weighted by Crippen LogP contribution is 2.41. The molecular weight excluding hydrogens is 934 g/mol. The molecule has 380 valence electrons. The van der Waals surface area contributed by atoms with Crippen molar-refractivity contribution in [3.05, 3.63) is 244 Å². The number of benzene rings is 3. The van der Waals surface area contributed by atoms with Gasteiger partial charge in [-0.05, 0) is 186 Å². The van der Waals surface area contributed by atoms with E-state index in [1.54, 1.807) is 38.1 Å². The first-order valence-electron chi connectivity index (χ1n) is 25.3. The number of nitrogens with one attached hydrogen (secondary N) is 6. The molecule has 6 aromatic heterocycles. The van der Waals surface area contributed by atoms with E-state index in [-0.39, 0.29) is 47.1 Å². The van der Waals surface area contributed by atoms with E-state index in [2.05, 4.69) is 50.7 Å². The van der Waals surface area contributed by atoms with E-state index in [1.165, 1.54) is 42.0 Å². The van der Waals surface area contributed by atoms with Gasteiger partial charge in [0.2, 0.25) is 0 Å². The Morgan fingerprint density at radius 1 is 0.486 bits per heavy atom. The summed E-state index contributed by atoms with van der Waals surface area (Å²) in [6.07, 6.45) is 3.86. The molecule has 74 heavy (non-hydrogen) atoms. The van der Waals surface area contributed by atoms with Crippen LogP contribution in [-0.2, 0) is 25.7 Å². The zero-order valence-corrected chi connectivity index (χ0v) is 43.7. The lowest BCUT2D eigenvalue weighted by Gasteiger charge is -2.19. The van der Waals surface area contributed by atoms with Crippen molar-refractivity contribution in [3.63, 3.8) is 0 Å². The average Bonchev–Trinajstić information content (AvgIpc) is 4.23. The predicted molar refractivity (Wildman–Crippen MR) is 285 cm³/mol. The lowest BCUT2D eigenvalue weighted by molar-refractivity contribution is 0.0987. The van der Waals surface area contributed by atoms with Gasteiger partial charge in [0, 0.05) is 91.9 Å². The van der Waals surface area contributed by atoms with E-state index in [1.807, 2.05) is 71.1 Å². The molecule has 0 aliphatic carbocycles. The third-order valence-electron chi connectivity index (χ3n) is 15.2. The van der Waals surface area contributed by atoms with E-state index >= 15 is 0 Å². The van der Waals surface area contributed by atoms with Gasteiger partial charge >= 0.3 is 0 Å². The minimum Gasteiger partial charge on any atom is -0.364 e. The number of carbonyl (C=O) groups excluding carboxylic acids is 3. The van der Waals surface area contributed by atoms with Gasteiger partial charge in [0.15, 0.2) is 17.3 Å². The second-order valence-corrected chi connectivity index (χ2v) is 20.0. The van der Waals surface area contributed by atoms with Crippen LogP contribution in [0.3, 0.4) is 0 Å². The largest absolute Gasteiger partial charge is 0.364 e. The molecule has 0 saturated carbocycles. The number of halogens is 3. The van der Waals surface area contributed by atoms with Crippen molar-refractivity contribution < 1.29 is 27.6 Å². The minimum atomic E-state index is -0.420. The molecule has 3 unspecified atom stereocenters. The maximum absolute atomic E-state index is 14.5. The van der Waals surface area contributed by atoms with Crippen LogP contribution in [0.5, 0.6) is 0 Å². The van der Waals surface area contributed by atoms with Crippen molar-refractivity contribution in [2.45, 2.75) is 113 Å². The minimum absolute atomic E-state index is 0.0462. The summed E-state index contributed by atoms with van der Waals surface area (Å²) in [5, 5.41) is 0. The smallest absolute Gasteiger partial charge is 0.169 e. The van der Waals surface area contributed by atoms with Crippen LogP contribution in [0.4, 0.5) is 13.2 Å². The van der Waals surface area contributed by atoms with Gasteiger partial charge in [-0.3, -0.25) is 14.4 Å². The lowest BCUT2D eigenvalue weighted by Crippen LogP contribution is -2.09. The van der Waals surface area contributed by atoms with Crippen molar-refractivity contribution in [2.75, 3.05) is 0 Å². The molecule has 0 spiro atoms. The molecular formula is C62H63F3N6O3. The standard InChI is InChI=1S/C62H63F3N6O3/c1-11-48-31(2)59(67-35(48)6)58(43-16-22-46(65)23-17-43)62-34(5)55(39(10)73)49(71-62)26-24-47-25-27-50(70-47)56(41-12-18-44(63)19-13-41)61-33(4)54(37(8)69-61)52(74)29-40-28-51(66-30-40)57(42-14-20-45(64)21-15-42)60-32(3)53(38(9)72)36(7)68-60/h12-23,25,27-28,30,56-58,66-71H,11,24,26,29H2,1-10H3. The molecule has 0 saturated heterocycles. The second kappa shape index (κ2) is 20.6. The van der Waals surface area contributed by atoms with E-state index in [4.69, 9.17) is 0 Å². The molecule has 0 aliphatic heterocycles.